The fraction of sp³-hybridized carbons (Fsp3) is 0.632. The Morgan fingerprint density at radius 3 is 2.80 bits per heavy atom. The third-order valence-corrected chi connectivity index (χ3v) is 4.58. The summed E-state index contributed by atoms with van der Waals surface area (Å²) in [6.07, 6.45) is 3.75. The summed E-state index contributed by atoms with van der Waals surface area (Å²) in [7, 11) is 1.68. The van der Waals surface area contributed by atoms with Crippen LogP contribution >= 0.6 is 12.4 Å². The molecular weight excluding hydrogens is 340 g/mol. The van der Waals surface area contributed by atoms with Crippen molar-refractivity contribution in [3.63, 3.8) is 0 Å². The quantitative estimate of drug-likeness (QED) is 0.653. The van der Waals surface area contributed by atoms with Crippen LogP contribution in [0.5, 0.6) is 5.75 Å². The first-order valence-corrected chi connectivity index (χ1v) is 8.91. The molecule has 6 heteroatoms. The summed E-state index contributed by atoms with van der Waals surface area (Å²) in [6.45, 7) is 5.62. The molecule has 1 unspecified atom stereocenters. The number of nitrogens with one attached hydrogen (secondary N) is 2. The smallest absolute Gasteiger partial charge is 0.224 e. The van der Waals surface area contributed by atoms with E-state index in [2.05, 4.69) is 17.6 Å². The van der Waals surface area contributed by atoms with Gasteiger partial charge in [-0.05, 0) is 49.9 Å². The van der Waals surface area contributed by atoms with E-state index in [4.69, 9.17) is 9.47 Å². The van der Waals surface area contributed by atoms with Crippen molar-refractivity contribution in [2.75, 3.05) is 38.7 Å². The lowest BCUT2D eigenvalue weighted by Gasteiger charge is -2.27. The second kappa shape index (κ2) is 12.1. The van der Waals surface area contributed by atoms with Gasteiger partial charge in [-0.25, -0.2) is 0 Å². The van der Waals surface area contributed by atoms with Gasteiger partial charge in [0, 0.05) is 38.3 Å². The number of hydrogen-bond donors (Lipinski definition) is 2. The van der Waals surface area contributed by atoms with E-state index in [1.165, 1.54) is 12.8 Å². The van der Waals surface area contributed by atoms with E-state index in [1.54, 1.807) is 7.11 Å². The fourth-order valence-corrected chi connectivity index (χ4v) is 3.14. The monoisotopic (exact) mass is 370 g/mol. The van der Waals surface area contributed by atoms with Crippen LogP contribution < -0.4 is 15.4 Å². The topological polar surface area (TPSA) is 59.6 Å². The second-order valence-corrected chi connectivity index (χ2v) is 6.54. The molecule has 1 aliphatic heterocycles. The molecular formula is C19H31ClN2O3. The SMILES string of the molecule is COCCCOc1cccc(NC(=O)CC(C)C2CCNCC2)c1.Cl. The highest BCUT2D eigenvalue weighted by atomic mass is 35.5. The molecule has 142 valence electrons. The van der Waals surface area contributed by atoms with Gasteiger partial charge in [0.1, 0.15) is 5.75 Å². The standard InChI is InChI=1S/C19H30N2O3.ClH/c1-15(16-7-9-20-10-8-16)13-19(22)21-17-5-3-6-18(14-17)24-12-4-11-23-2;/h3,5-6,14-16,20H,4,7-13H2,1-2H3,(H,21,22);1H. The van der Waals surface area contributed by atoms with Crippen LogP contribution in [-0.2, 0) is 9.53 Å². The average molecular weight is 371 g/mol. The number of ether oxygens (including phenoxy) is 2. The molecule has 1 saturated heterocycles. The average Bonchev–Trinajstić information content (AvgIpc) is 2.60. The minimum Gasteiger partial charge on any atom is -0.493 e. The van der Waals surface area contributed by atoms with Crippen LogP contribution in [0.3, 0.4) is 0 Å². The molecule has 0 aromatic heterocycles. The van der Waals surface area contributed by atoms with Crippen LogP contribution in [-0.4, -0.2) is 39.3 Å². The van der Waals surface area contributed by atoms with Gasteiger partial charge in [-0.3, -0.25) is 4.79 Å². The summed E-state index contributed by atoms with van der Waals surface area (Å²) in [5.41, 5.74) is 0.793. The van der Waals surface area contributed by atoms with Crippen LogP contribution in [0.4, 0.5) is 5.69 Å². The maximum atomic E-state index is 12.3. The molecule has 0 radical (unpaired) electrons. The van der Waals surface area contributed by atoms with Crippen molar-refractivity contribution in [3.8, 4) is 5.75 Å². The third kappa shape index (κ3) is 8.08. The minimum atomic E-state index is 0. The molecule has 25 heavy (non-hydrogen) atoms. The van der Waals surface area contributed by atoms with E-state index in [9.17, 15) is 4.79 Å². The highest BCUT2D eigenvalue weighted by Gasteiger charge is 2.22. The fourth-order valence-electron chi connectivity index (χ4n) is 3.14. The number of hydrogen-bond acceptors (Lipinski definition) is 4. The number of methoxy groups -OCH3 is 1. The van der Waals surface area contributed by atoms with E-state index >= 15 is 0 Å². The molecule has 1 atom stereocenters. The van der Waals surface area contributed by atoms with Crippen molar-refractivity contribution in [2.45, 2.75) is 32.6 Å². The highest BCUT2D eigenvalue weighted by Crippen LogP contribution is 2.25. The summed E-state index contributed by atoms with van der Waals surface area (Å²) in [5, 5.41) is 6.37. The van der Waals surface area contributed by atoms with Crippen molar-refractivity contribution >= 4 is 24.0 Å². The van der Waals surface area contributed by atoms with Gasteiger partial charge < -0.3 is 20.1 Å². The zero-order chi connectivity index (χ0) is 17.2. The molecule has 0 aliphatic carbocycles. The van der Waals surface area contributed by atoms with Crippen LogP contribution in [0.1, 0.15) is 32.6 Å². The Hall–Kier alpha value is -1.30. The number of anilines is 1. The Morgan fingerprint density at radius 1 is 1.32 bits per heavy atom. The van der Waals surface area contributed by atoms with E-state index in [-0.39, 0.29) is 18.3 Å². The summed E-state index contributed by atoms with van der Waals surface area (Å²) >= 11 is 0. The number of halogens is 1. The zero-order valence-electron chi connectivity index (χ0n) is 15.3. The van der Waals surface area contributed by atoms with Gasteiger partial charge >= 0.3 is 0 Å². The molecule has 1 fully saturated rings. The van der Waals surface area contributed by atoms with E-state index in [0.717, 1.165) is 30.9 Å². The number of amides is 1. The molecule has 1 amide bonds. The summed E-state index contributed by atoms with van der Waals surface area (Å²) in [4.78, 5) is 12.3. The molecule has 1 aromatic rings. The molecule has 5 nitrogen and oxygen atoms in total. The molecule has 2 rings (SSSR count). The Balaban J connectivity index is 0.00000312. The first-order chi connectivity index (χ1) is 11.7. The van der Waals surface area contributed by atoms with Crippen molar-refractivity contribution in [3.05, 3.63) is 24.3 Å². The lowest BCUT2D eigenvalue weighted by atomic mass is 9.84. The third-order valence-electron chi connectivity index (χ3n) is 4.58. The lowest BCUT2D eigenvalue weighted by molar-refractivity contribution is -0.117. The number of carbonyl (C=O) groups is 1. The highest BCUT2D eigenvalue weighted by molar-refractivity contribution is 5.91. The molecule has 0 saturated carbocycles. The number of piperidine rings is 1. The van der Waals surface area contributed by atoms with E-state index in [0.29, 0.717) is 31.5 Å². The van der Waals surface area contributed by atoms with Crippen molar-refractivity contribution in [2.24, 2.45) is 11.8 Å². The Kier molecular flexibility index (Phi) is 10.5. The van der Waals surface area contributed by atoms with Gasteiger partial charge in [-0.15, -0.1) is 12.4 Å². The summed E-state index contributed by atoms with van der Waals surface area (Å²) < 4.78 is 10.7. The molecule has 1 aromatic carbocycles. The molecule has 0 spiro atoms. The first kappa shape index (κ1) is 21.7. The first-order valence-electron chi connectivity index (χ1n) is 8.91. The van der Waals surface area contributed by atoms with E-state index in [1.807, 2.05) is 24.3 Å². The normalized spacial score (nSPS) is 15.9. The second-order valence-electron chi connectivity index (χ2n) is 6.54. The van der Waals surface area contributed by atoms with E-state index < -0.39 is 0 Å². The van der Waals surface area contributed by atoms with Crippen LogP contribution in [0, 0.1) is 11.8 Å². The minimum absolute atomic E-state index is 0. The Bertz CT molecular complexity index is 507. The molecule has 0 bridgehead atoms. The Labute approximate surface area is 157 Å². The van der Waals surface area contributed by atoms with Gasteiger partial charge in [-0.1, -0.05) is 13.0 Å². The molecule has 1 heterocycles. The predicted octanol–water partition coefficient (Wildman–Crippen LogP) is 3.49. The molecule has 1 aliphatic rings. The Morgan fingerprint density at radius 2 is 2.08 bits per heavy atom. The maximum absolute atomic E-state index is 12.3. The zero-order valence-corrected chi connectivity index (χ0v) is 16.1. The van der Waals surface area contributed by atoms with Gasteiger partial charge in [0.25, 0.3) is 0 Å². The predicted molar refractivity (Wildman–Crippen MR) is 104 cm³/mol. The van der Waals surface area contributed by atoms with Crippen molar-refractivity contribution in [1.29, 1.82) is 0 Å². The number of rotatable bonds is 9. The van der Waals surface area contributed by atoms with Crippen molar-refractivity contribution in [1.82, 2.24) is 5.32 Å². The summed E-state index contributed by atoms with van der Waals surface area (Å²) in [6, 6.07) is 7.58. The lowest BCUT2D eigenvalue weighted by Crippen LogP contribution is -2.32. The number of carbonyl (C=O) groups excluding carboxylic acids is 1. The van der Waals surface area contributed by atoms with Gasteiger partial charge in [-0.2, -0.15) is 0 Å². The summed E-state index contributed by atoms with van der Waals surface area (Å²) in [5.74, 6) is 1.92. The van der Waals surface area contributed by atoms with Crippen LogP contribution in [0.25, 0.3) is 0 Å². The maximum Gasteiger partial charge on any atom is 0.224 e. The van der Waals surface area contributed by atoms with Crippen LogP contribution in [0.2, 0.25) is 0 Å². The van der Waals surface area contributed by atoms with Gasteiger partial charge in [0.2, 0.25) is 5.91 Å². The van der Waals surface area contributed by atoms with Crippen molar-refractivity contribution < 1.29 is 14.3 Å². The number of benzene rings is 1. The van der Waals surface area contributed by atoms with Gasteiger partial charge in [0.15, 0.2) is 0 Å². The van der Waals surface area contributed by atoms with Crippen LogP contribution in [0.15, 0.2) is 24.3 Å². The van der Waals surface area contributed by atoms with Gasteiger partial charge in [0.05, 0.1) is 6.61 Å². The molecule has 2 N–H and O–H groups in total. The largest absolute Gasteiger partial charge is 0.493 e.